The summed E-state index contributed by atoms with van der Waals surface area (Å²) in [5.74, 6) is 0. The maximum atomic E-state index is 5.87. The van der Waals surface area contributed by atoms with E-state index in [1.54, 1.807) is 0 Å². The SMILES string of the molecule is CC(CN1CCCC1)Nc1nc2c(N)cccc2o1. The third kappa shape index (κ3) is 2.66. The van der Waals surface area contributed by atoms with Gasteiger partial charge in [0.15, 0.2) is 5.58 Å². The molecule has 0 radical (unpaired) electrons. The van der Waals surface area contributed by atoms with Crippen molar-refractivity contribution in [3.63, 3.8) is 0 Å². The zero-order valence-electron chi connectivity index (χ0n) is 11.2. The molecule has 102 valence electrons. The van der Waals surface area contributed by atoms with Crippen LogP contribution in [0.4, 0.5) is 11.7 Å². The van der Waals surface area contributed by atoms with Gasteiger partial charge in [-0.1, -0.05) is 6.07 Å². The Bertz CT molecular complexity index is 560. The first-order chi connectivity index (χ1) is 9.22. The number of nitrogens with one attached hydrogen (secondary N) is 1. The van der Waals surface area contributed by atoms with Crippen LogP contribution in [0.5, 0.6) is 0 Å². The molecule has 3 rings (SSSR count). The monoisotopic (exact) mass is 260 g/mol. The van der Waals surface area contributed by atoms with Crippen molar-refractivity contribution in [3.8, 4) is 0 Å². The number of nitrogens with two attached hydrogens (primary N) is 1. The quantitative estimate of drug-likeness (QED) is 0.826. The molecule has 5 heteroatoms. The van der Waals surface area contributed by atoms with E-state index >= 15 is 0 Å². The summed E-state index contributed by atoms with van der Waals surface area (Å²) in [6.07, 6.45) is 2.62. The summed E-state index contributed by atoms with van der Waals surface area (Å²) in [6.45, 7) is 5.57. The highest BCUT2D eigenvalue weighted by molar-refractivity contribution is 5.86. The first-order valence-electron chi connectivity index (χ1n) is 6.86. The molecule has 0 saturated carbocycles. The smallest absolute Gasteiger partial charge is 0.296 e. The van der Waals surface area contributed by atoms with Crippen LogP contribution < -0.4 is 11.1 Å². The number of aromatic nitrogens is 1. The lowest BCUT2D eigenvalue weighted by atomic mass is 10.3. The number of likely N-dealkylation sites (tertiary alicyclic amines) is 1. The molecule has 1 unspecified atom stereocenters. The van der Waals surface area contributed by atoms with Crippen LogP contribution in [0.3, 0.4) is 0 Å². The number of hydrogen-bond donors (Lipinski definition) is 2. The number of hydrogen-bond acceptors (Lipinski definition) is 5. The van der Waals surface area contributed by atoms with E-state index in [1.807, 2.05) is 18.2 Å². The molecule has 2 heterocycles. The normalized spacial score (nSPS) is 17.9. The summed E-state index contributed by atoms with van der Waals surface area (Å²) in [6, 6.07) is 6.46. The molecule has 1 aromatic heterocycles. The van der Waals surface area contributed by atoms with Crippen LogP contribution in [0.15, 0.2) is 22.6 Å². The van der Waals surface area contributed by atoms with Gasteiger partial charge >= 0.3 is 0 Å². The van der Waals surface area contributed by atoms with E-state index in [1.165, 1.54) is 25.9 Å². The van der Waals surface area contributed by atoms with Gasteiger partial charge in [-0.15, -0.1) is 0 Å². The minimum atomic E-state index is 0.312. The van der Waals surface area contributed by atoms with Crippen LogP contribution in [0.1, 0.15) is 19.8 Å². The third-order valence-electron chi connectivity index (χ3n) is 3.55. The number of nitrogens with zero attached hydrogens (tertiary/aromatic N) is 2. The topological polar surface area (TPSA) is 67.3 Å². The van der Waals surface area contributed by atoms with Gasteiger partial charge in [-0.05, 0) is 45.0 Å². The second-order valence-electron chi connectivity index (χ2n) is 5.27. The standard InChI is InChI=1S/C14H20N4O/c1-10(9-18-7-2-3-8-18)16-14-17-13-11(15)5-4-6-12(13)19-14/h4-6,10H,2-3,7-9,15H2,1H3,(H,16,17). The first kappa shape index (κ1) is 12.3. The molecular weight excluding hydrogens is 240 g/mol. The van der Waals surface area contributed by atoms with Crippen molar-refractivity contribution < 1.29 is 4.42 Å². The van der Waals surface area contributed by atoms with Crippen molar-refractivity contribution in [2.75, 3.05) is 30.7 Å². The fourth-order valence-electron chi connectivity index (χ4n) is 2.64. The minimum Gasteiger partial charge on any atom is -0.423 e. The van der Waals surface area contributed by atoms with Gasteiger partial charge in [-0.3, -0.25) is 0 Å². The zero-order valence-corrected chi connectivity index (χ0v) is 11.2. The molecular formula is C14H20N4O. The highest BCUT2D eigenvalue weighted by Gasteiger charge is 2.16. The Morgan fingerprint density at radius 3 is 2.95 bits per heavy atom. The van der Waals surface area contributed by atoms with E-state index in [0.29, 0.717) is 17.7 Å². The van der Waals surface area contributed by atoms with E-state index in [-0.39, 0.29) is 0 Å². The van der Waals surface area contributed by atoms with E-state index < -0.39 is 0 Å². The average Bonchev–Trinajstić information content (AvgIpc) is 2.98. The minimum absolute atomic E-state index is 0.312. The number of oxazole rings is 1. The molecule has 1 fully saturated rings. The molecule has 1 aliphatic rings. The molecule has 3 N–H and O–H groups in total. The summed E-state index contributed by atoms with van der Waals surface area (Å²) < 4.78 is 5.66. The molecule has 1 aromatic carbocycles. The maximum absolute atomic E-state index is 5.87. The van der Waals surface area contributed by atoms with Crippen LogP contribution in [-0.4, -0.2) is 35.6 Å². The second-order valence-corrected chi connectivity index (χ2v) is 5.27. The predicted octanol–water partition coefficient (Wildman–Crippen LogP) is 2.31. The van der Waals surface area contributed by atoms with Gasteiger partial charge in [0.25, 0.3) is 6.01 Å². The lowest BCUT2D eigenvalue weighted by molar-refractivity contribution is 0.326. The number of rotatable bonds is 4. The Kier molecular flexibility index (Phi) is 3.29. The molecule has 0 bridgehead atoms. The Balaban J connectivity index is 1.68. The predicted molar refractivity (Wildman–Crippen MR) is 77.2 cm³/mol. The van der Waals surface area contributed by atoms with Gasteiger partial charge in [-0.2, -0.15) is 4.98 Å². The highest BCUT2D eigenvalue weighted by atomic mass is 16.4. The molecule has 19 heavy (non-hydrogen) atoms. The summed E-state index contributed by atoms with van der Waals surface area (Å²) in [5, 5.41) is 3.31. The van der Waals surface area contributed by atoms with Gasteiger partial charge in [0, 0.05) is 12.6 Å². The zero-order chi connectivity index (χ0) is 13.2. The van der Waals surface area contributed by atoms with Gasteiger partial charge in [0.2, 0.25) is 0 Å². The molecule has 1 atom stereocenters. The molecule has 0 amide bonds. The van der Waals surface area contributed by atoms with E-state index in [4.69, 9.17) is 10.2 Å². The fraction of sp³-hybridized carbons (Fsp3) is 0.500. The Morgan fingerprint density at radius 2 is 2.21 bits per heavy atom. The van der Waals surface area contributed by atoms with Crippen LogP contribution in [0.25, 0.3) is 11.1 Å². The summed E-state index contributed by atoms with van der Waals surface area (Å²) in [4.78, 5) is 6.87. The lowest BCUT2D eigenvalue weighted by Crippen LogP contribution is -2.33. The average molecular weight is 260 g/mol. The Hall–Kier alpha value is -1.75. The van der Waals surface area contributed by atoms with Crippen molar-refractivity contribution in [3.05, 3.63) is 18.2 Å². The highest BCUT2D eigenvalue weighted by Crippen LogP contribution is 2.24. The number of anilines is 2. The van der Waals surface area contributed by atoms with Crippen molar-refractivity contribution in [1.82, 2.24) is 9.88 Å². The number of benzene rings is 1. The van der Waals surface area contributed by atoms with Crippen molar-refractivity contribution in [2.45, 2.75) is 25.8 Å². The lowest BCUT2D eigenvalue weighted by Gasteiger charge is -2.20. The molecule has 2 aromatic rings. The van der Waals surface area contributed by atoms with E-state index in [2.05, 4.69) is 22.1 Å². The van der Waals surface area contributed by atoms with Crippen molar-refractivity contribution in [1.29, 1.82) is 0 Å². The number of para-hydroxylation sites is 1. The Labute approximate surface area is 112 Å². The summed E-state index contributed by atoms with van der Waals surface area (Å²) in [7, 11) is 0. The van der Waals surface area contributed by atoms with Gasteiger partial charge in [0.05, 0.1) is 5.69 Å². The summed E-state index contributed by atoms with van der Waals surface area (Å²) >= 11 is 0. The fourth-order valence-corrected chi connectivity index (χ4v) is 2.64. The van der Waals surface area contributed by atoms with Crippen molar-refractivity contribution in [2.24, 2.45) is 0 Å². The summed E-state index contributed by atoms with van der Waals surface area (Å²) in [5.41, 5.74) is 7.99. The second kappa shape index (κ2) is 5.09. The molecule has 0 aliphatic carbocycles. The van der Waals surface area contributed by atoms with Gasteiger partial charge in [-0.25, -0.2) is 0 Å². The van der Waals surface area contributed by atoms with Crippen LogP contribution in [-0.2, 0) is 0 Å². The molecule has 0 spiro atoms. The van der Waals surface area contributed by atoms with Crippen LogP contribution >= 0.6 is 0 Å². The van der Waals surface area contributed by atoms with Crippen molar-refractivity contribution >= 4 is 22.8 Å². The third-order valence-corrected chi connectivity index (χ3v) is 3.55. The maximum Gasteiger partial charge on any atom is 0.296 e. The van der Waals surface area contributed by atoms with E-state index in [0.717, 1.165) is 17.6 Å². The molecule has 1 aliphatic heterocycles. The Morgan fingerprint density at radius 1 is 1.42 bits per heavy atom. The largest absolute Gasteiger partial charge is 0.423 e. The van der Waals surface area contributed by atoms with Gasteiger partial charge < -0.3 is 20.4 Å². The van der Waals surface area contributed by atoms with E-state index in [9.17, 15) is 0 Å². The molecule has 1 saturated heterocycles. The molecule has 5 nitrogen and oxygen atoms in total. The number of nitrogen functional groups attached to an aromatic ring is 1. The first-order valence-corrected chi connectivity index (χ1v) is 6.86. The number of fused-ring (bicyclic) bond motifs is 1. The van der Waals surface area contributed by atoms with Crippen LogP contribution in [0, 0.1) is 0 Å². The van der Waals surface area contributed by atoms with Gasteiger partial charge in [0.1, 0.15) is 5.52 Å². The van der Waals surface area contributed by atoms with Crippen LogP contribution in [0.2, 0.25) is 0 Å².